The number of ether oxygens (including phenoxy) is 2. The Kier molecular flexibility index (Phi) is 6.04. The van der Waals surface area contributed by atoms with Crippen molar-refractivity contribution in [1.29, 1.82) is 0 Å². The van der Waals surface area contributed by atoms with Gasteiger partial charge in [0.15, 0.2) is 0 Å². The molecule has 1 heterocycles. The average molecular weight is 240 g/mol. The molecule has 1 atom stereocenters. The molecule has 0 aliphatic heterocycles. The van der Waals surface area contributed by atoms with E-state index in [2.05, 4.69) is 9.97 Å². The summed E-state index contributed by atoms with van der Waals surface area (Å²) in [7, 11) is 1.64. The first-order valence-corrected chi connectivity index (χ1v) is 5.72. The van der Waals surface area contributed by atoms with Crippen LogP contribution in [-0.4, -0.2) is 42.0 Å². The number of aryl methyl sites for hydroxylation is 1. The highest BCUT2D eigenvalue weighted by atomic mass is 16.5. The maximum atomic E-state index is 9.45. The molecule has 0 saturated carbocycles. The van der Waals surface area contributed by atoms with E-state index in [1.54, 1.807) is 20.2 Å². The highest BCUT2D eigenvalue weighted by molar-refractivity contribution is 5.18. The summed E-state index contributed by atoms with van der Waals surface area (Å²) in [6, 6.07) is 0. The number of hydrogen-bond acceptors (Lipinski definition) is 5. The first-order chi connectivity index (χ1) is 8.15. The van der Waals surface area contributed by atoms with Crippen molar-refractivity contribution in [3.63, 3.8) is 0 Å². The van der Waals surface area contributed by atoms with E-state index in [9.17, 15) is 5.11 Å². The van der Waals surface area contributed by atoms with Gasteiger partial charge in [-0.15, -0.1) is 0 Å². The first-order valence-electron chi connectivity index (χ1n) is 5.72. The molecule has 0 saturated heterocycles. The van der Waals surface area contributed by atoms with Crippen LogP contribution in [0.4, 0.5) is 0 Å². The van der Waals surface area contributed by atoms with Crippen molar-refractivity contribution < 1.29 is 14.6 Å². The quantitative estimate of drug-likeness (QED) is 0.721. The van der Waals surface area contributed by atoms with Gasteiger partial charge < -0.3 is 14.6 Å². The number of aliphatic hydroxyl groups is 1. The molecular weight excluding hydrogens is 220 g/mol. The van der Waals surface area contributed by atoms with Crippen LogP contribution in [0.25, 0.3) is 0 Å². The van der Waals surface area contributed by atoms with E-state index in [-0.39, 0.29) is 0 Å². The van der Waals surface area contributed by atoms with Crippen molar-refractivity contribution >= 4 is 0 Å². The number of hydrogen-bond donors (Lipinski definition) is 1. The average Bonchev–Trinajstić information content (AvgIpc) is 2.28. The van der Waals surface area contributed by atoms with Gasteiger partial charge in [-0.05, 0) is 13.8 Å². The molecule has 0 amide bonds. The number of rotatable bonds is 7. The number of aliphatic hydroxyl groups excluding tert-OH is 1. The molecule has 5 nitrogen and oxygen atoms in total. The van der Waals surface area contributed by atoms with Crippen LogP contribution in [0.2, 0.25) is 0 Å². The van der Waals surface area contributed by atoms with Crippen LogP contribution in [0.3, 0.4) is 0 Å². The smallest absolute Gasteiger partial charge is 0.130 e. The lowest BCUT2D eigenvalue weighted by Gasteiger charge is -2.09. The zero-order valence-corrected chi connectivity index (χ0v) is 10.6. The number of methoxy groups -OCH3 is 1. The Morgan fingerprint density at radius 3 is 2.71 bits per heavy atom. The summed E-state index contributed by atoms with van der Waals surface area (Å²) >= 11 is 0. The van der Waals surface area contributed by atoms with Crippen LogP contribution in [0.5, 0.6) is 0 Å². The van der Waals surface area contributed by atoms with E-state index < -0.39 is 6.10 Å². The van der Waals surface area contributed by atoms with Crippen LogP contribution < -0.4 is 0 Å². The van der Waals surface area contributed by atoms with Gasteiger partial charge in [-0.25, -0.2) is 9.97 Å². The van der Waals surface area contributed by atoms with Crippen molar-refractivity contribution in [2.24, 2.45) is 0 Å². The van der Waals surface area contributed by atoms with E-state index >= 15 is 0 Å². The third-order valence-electron chi connectivity index (χ3n) is 2.42. The Labute approximate surface area is 102 Å². The lowest BCUT2D eigenvalue weighted by atomic mass is 10.1. The Hall–Kier alpha value is -1.04. The second-order valence-electron chi connectivity index (χ2n) is 3.86. The Bertz CT molecular complexity index is 343. The van der Waals surface area contributed by atoms with Gasteiger partial charge in [-0.2, -0.15) is 0 Å². The molecule has 1 N–H and O–H groups in total. The van der Waals surface area contributed by atoms with Gasteiger partial charge in [0, 0.05) is 31.0 Å². The SMILES string of the molecule is COCCOCCc1ncc(C(C)O)c(C)n1. The largest absolute Gasteiger partial charge is 0.389 e. The van der Waals surface area contributed by atoms with Crippen molar-refractivity contribution in [3.05, 3.63) is 23.3 Å². The second-order valence-corrected chi connectivity index (χ2v) is 3.86. The summed E-state index contributed by atoms with van der Waals surface area (Å²) in [6.45, 7) is 5.34. The third-order valence-corrected chi connectivity index (χ3v) is 2.42. The fourth-order valence-corrected chi connectivity index (χ4v) is 1.46. The van der Waals surface area contributed by atoms with Crippen molar-refractivity contribution in [1.82, 2.24) is 9.97 Å². The van der Waals surface area contributed by atoms with Crippen LogP contribution in [-0.2, 0) is 15.9 Å². The first kappa shape index (κ1) is 14.0. The standard InChI is InChI=1S/C12H20N2O3/c1-9-11(10(2)15)8-13-12(14-9)4-5-17-7-6-16-3/h8,10,15H,4-7H2,1-3H3. The van der Waals surface area contributed by atoms with Crippen molar-refractivity contribution in [2.45, 2.75) is 26.4 Å². The Balaban J connectivity index is 2.42. The molecule has 0 radical (unpaired) electrons. The topological polar surface area (TPSA) is 64.5 Å². The fourth-order valence-electron chi connectivity index (χ4n) is 1.46. The van der Waals surface area contributed by atoms with Gasteiger partial charge >= 0.3 is 0 Å². The zero-order valence-electron chi connectivity index (χ0n) is 10.6. The van der Waals surface area contributed by atoms with Crippen LogP contribution in [0.15, 0.2) is 6.20 Å². The predicted octanol–water partition coefficient (Wildman–Crippen LogP) is 1.04. The molecule has 5 heteroatoms. The number of nitrogens with zero attached hydrogens (tertiary/aromatic N) is 2. The molecule has 0 aliphatic carbocycles. The lowest BCUT2D eigenvalue weighted by Crippen LogP contribution is -2.09. The second kappa shape index (κ2) is 7.32. The van der Waals surface area contributed by atoms with E-state index in [4.69, 9.17) is 9.47 Å². The summed E-state index contributed by atoms with van der Waals surface area (Å²) in [5.74, 6) is 0.740. The molecule has 0 aliphatic rings. The summed E-state index contributed by atoms with van der Waals surface area (Å²) in [5.41, 5.74) is 1.59. The zero-order chi connectivity index (χ0) is 12.7. The summed E-state index contributed by atoms with van der Waals surface area (Å²) in [5, 5.41) is 9.45. The van der Waals surface area contributed by atoms with Gasteiger partial charge in [0.05, 0.1) is 25.9 Å². The van der Waals surface area contributed by atoms with Gasteiger partial charge in [-0.3, -0.25) is 0 Å². The van der Waals surface area contributed by atoms with Gasteiger partial charge in [0.1, 0.15) is 5.82 Å². The molecule has 1 aromatic heterocycles. The summed E-state index contributed by atoms with van der Waals surface area (Å²) in [6.07, 6.45) is 1.82. The molecule has 1 unspecified atom stereocenters. The molecule has 0 fully saturated rings. The van der Waals surface area contributed by atoms with Gasteiger partial charge in [0.2, 0.25) is 0 Å². The molecular formula is C12H20N2O3. The van der Waals surface area contributed by atoms with E-state index in [1.807, 2.05) is 6.92 Å². The minimum atomic E-state index is -0.526. The van der Waals surface area contributed by atoms with E-state index in [0.29, 0.717) is 26.2 Å². The Morgan fingerprint density at radius 1 is 1.35 bits per heavy atom. The maximum absolute atomic E-state index is 9.45. The third kappa shape index (κ3) is 4.77. The Morgan fingerprint density at radius 2 is 2.12 bits per heavy atom. The molecule has 17 heavy (non-hydrogen) atoms. The van der Waals surface area contributed by atoms with Gasteiger partial charge in [0.25, 0.3) is 0 Å². The lowest BCUT2D eigenvalue weighted by molar-refractivity contribution is 0.0716. The summed E-state index contributed by atoms with van der Waals surface area (Å²) in [4.78, 5) is 8.53. The van der Waals surface area contributed by atoms with Gasteiger partial charge in [-0.1, -0.05) is 0 Å². The molecule has 0 aromatic carbocycles. The highest BCUT2D eigenvalue weighted by Crippen LogP contribution is 2.13. The van der Waals surface area contributed by atoms with Crippen molar-refractivity contribution in [2.75, 3.05) is 26.9 Å². The number of aromatic nitrogens is 2. The molecule has 1 aromatic rings. The molecule has 96 valence electrons. The van der Waals surface area contributed by atoms with E-state index in [1.165, 1.54) is 0 Å². The van der Waals surface area contributed by atoms with Crippen LogP contribution in [0.1, 0.15) is 30.1 Å². The molecule has 1 rings (SSSR count). The van der Waals surface area contributed by atoms with Crippen molar-refractivity contribution in [3.8, 4) is 0 Å². The normalized spacial score (nSPS) is 12.7. The fraction of sp³-hybridized carbons (Fsp3) is 0.667. The summed E-state index contributed by atoms with van der Waals surface area (Å²) < 4.78 is 10.2. The minimum Gasteiger partial charge on any atom is -0.389 e. The predicted molar refractivity (Wildman–Crippen MR) is 63.8 cm³/mol. The molecule has 0 spiro atoms. The monoisotopic (exact) mass is 240 g/mol. The minimum absolute atomic E-state index is 0.526. The van der Waals surface area contributed by atoms with E-state index in [0.717, 1.165) is 17.1 Å². The van der Waals surface area contributed by atoms with Crippen LogP contribution in [0, 0.1) is 6.92 Å². The molecule has 0 bridgehead atoms. The van der Waals surface area contributed by atoms with Crippen LogP contribution >= 0.6 is 0 Å². The highest BCUT2D eigenvalue weighted by Gasteiger charge is 2.07. The maximum Gasteiger partial charge on any atom is 0.130 e.